The molecule has 0 saturated heterocycles. The number of benzene rings is 1. The largest absolute Gasteiger partial charge is 0.493 e. The van der Waals surface area contributed by atoms with Crippen molar-refractivity contribution in [2.45, 2.75) is 38.2 Å². The van der Waals surface area contributed by atoms with Crippen LogP contribution in [0.2, 0.25) is 0 Å². The predicted octanol–water partition coefficient (Wildman–Crippen LogP) is 2.43. The molecular weight excluding hydrogens is 374 g/mol. The van der Waals surface area contributed by atoms with Crippen LogP contribution in [0.5, 0.6) is 11.6 Å². The number of aromatic nitrogens is 1. The number of hydrogen-bond donors (Lipinski definition) is 3. The first-order valence-electron chi connectivity index (χ1n) is 9.27. The lowest BCUT2D eigenvalue weighted by atomic mass is 9.62. The highest BCUT2D eigenvalue weighted by Crippen LogP contribution is 2.51. The van der Waals surface area contributed by atoms with E-state index < -0.39 is 17.2 Å². The summed E-state index contributed by atoms with van der Waals surface area (Å²) >= 11 is 0. The molecule has 0 aliphatic heterocycles. The lowest BCUT2D eigenvalue weighted by Gasteiger charge is -2.40. The van der Waals surface area contributed by atoms with E-state index in [4.69, 9.17) is 20.6 Å². The molecule has 1 saturated carbocycles. The summed E-state index contributed by atoms with van der Waals surface area (Å²) < 4.78 is 11.7. The molecule has 1 aromatic carbocycles. The number of furan rings is 1. The van der Waals surface area contributed by atoms with E-state index in [-0.39, 0.29) is 18.1 Å². The number of fused-ring (bicyclic) bond motifs is 1. The van der Waals surface area contributed by atoms with Crippen LogP contribution in [0.1, 0.15) is 46.5 Å². The van der Waals surface area contributed by atoms with Crippen LogP contribution in [0.15, 0.2) is 34.9 Å². The Morgan fingerprint density at radius 2 is 2.03 bits per heavy atom. The van der Waals surface area contributed by atoms with E-state index in [1.807, 2.05) is 0 Å². The molecule has 2 amide bonds. The molecule has 29 heavy (non-hydrogen) atoms. The quantitative estimate of drug-likeness (QED) is 0.585. The van der Waals surface area contributed by atoms with Gasteiger partial charge in [-0.25, -0.2) is 4.98 Å². The second-order valence-corrected chi connectivity index (χ2v) is 7.28. The molecule has 0 bridgehead atoms. The fourth-order valence-electron chi connectivity index (χ4n) is 4.03. The first kappa shape index (κ1) is 18.8. The molecule has 150 valence electrons. The monoisotopic (exact) mass is 395 g/mol. The van der Waals surface area contributed by atoms with Gasteiger partial charge in [0.2, 0.25) is 11.8 Å². The standard InChI is InChI=1S/C21H21N3O5/c1-11-15(18(22)25)16-13(29-11)5-6-14(17(16)21(20(23)27)7-3-8-21)28-10-12-4-2-9-24-19(12)26/h2,4-6,9H,3,7-8,10H2,1H3,(H2,22,25)(H2,23,27)(H,24,26). The van der Waals surface area contributed by atoms with Crippen LogP contribution in [0, 0.1) is 6.92 Å². The normalized spacial score (nSPS) is 15.1. The maximum atomic E-state index is 12.5. The fraction of sp³-hybridized carbons (Fsp3) is 0.286. The van der Waals surface area contributed by atoms with Crippen LogP contribution in [0.3, 0.4) is 0 Å². The summed E-state index contributed by atoms with van der Waals surface area (Å²) in [5, 5.41) is 10.4. The molecule has 1 aliphatic carbocycles. The summed E-state index contributed by atoms with van der Waals surface area (Å²) in [5.41, 5.74) is 12.1. The number of aryl methyl sites for hydroxylation is 1. The first-order chi connectivity index (χ1) is 13.8. The highest BCUT2D eigenvalue weighted by Gasteiger charge is 2.48. The minimum Gasteiger partial charge on any atom is -0.493 e. The van der Waals surface area contributed by atoms with Gasteiger partial charge in [-0.05, 0) is 44.0 Å². The van der Waals surface area contributed by atoms with Crippen molar-refractivity contribution < 1.29 is 23.8 Å². The Labute approximate surface area is 166 Å². The number of amides is 2. The maximum absolute atomic E-state index is 12.5. The molecule has 1 aliphatic rings. The van der Waals surface area contributed by atoms with Gasteiger partial charge in [-0.15, -0.1) is 0 Å². The summed E-state index contributed by atoms with van der Waals surface area (Å²) in [4.78, 5) is 28.5. The van der Waals surface area contributed by atoms with E-state index in [1.54, 1.807) is 31.2 Å². The van der Waals surface area contributed by atoms with Gasteiger partial charge in [0.15, 0.2) is 0 Å². The first-order valence-corrected chi connectivity index (χ1v) is 9.27. The van der Waals surface area contributed by atoms with Crippen LogP contribution in [0.25, 0.3) is 11.0 Å². The van der Waals surface area contributed by atoms with Crippen molar-refractivity contribution >= 4 is 22.8 Å². The molecule has 0 unspecified atom stereocenters. The number of hydrogen-bond acceptors (Lipinski definition) is 6. The number of carbonyl (C=O) groups excluding carboxylic acids is 2. The topological polar surface area (TPSA) is 142 Å². The molecule has 8 heteroatoms. The van der Waals surface area contributed by atoms with Crippen molar-refractivity contribution in [1.82, 2.24) is 4.98 Å². The van der Waals surface area contributed by atoms with Crippen LogP contribution < -0.4 is 16.2 Å². The average molecular weight is 395 g/mol. The van der Waals surface area contributed by atoms with Crippen molar-refractivity contribution in [2.75, 3.05) is 0 Å². The molecule has 2 aromatic heterocycles. The second-order valence-electron chi connectivity index (χ2n) is 7.28. The van der Waals surface area contributed by atoms with Gasteiger partial charge in [0.1, 0.15) is 23.7 Å². The highest BCUT2D eigenvalue weighted by atomic mass is 16.5. The second kappa shape index (κ2) is 6.80. The Kier molecular flexibility index (Phi) is 4.41. The molecule has 8 nitrogen and oxygen atoms in total. The van der Waals surface area contributed by atoms with Crippen LogP contribution >= 0.6 is 0 Å². The number of primary amides is 2. The summed E-state index contributed by atoms with van der Waals surface area (Å²) in [5.74, 6) is -0.513. The number of pyridine rings is 1. The van der Waals surface area contributed by atoms with Gasteiger partial charge in [0.25, 0.3) is 5.91 Å². The molecule has 3 aromatic rings. The zero-order chi connectivity index (χ0) is 20.8. The van der Waals surface area contributed by atoms with Gasteiger partial charge in [-0.1, -0.05) is 6.42 Å². The summed E-state index contributed by atoms with van der Waals surface area (Å²) in [6, 6.07) is 6.72. The van der Waals surface area contributed by atoms with Crippen molar-refractivity contribution in [1.29, 1.82) is 0 Å². The number of carbonyl (C=O) groups is 2. The molecular formula is C21H21N3O5. The lowest BCUT2D eigenvalue weighted by molar-refractivity contribution is -0.126. The molecule has 0 spiro atoms. The van der Waals surface area contributed by atoms with Gasteiger partial charge >= 0.3 is 0 Å². The summed E-state index contributed by atoms with van der Waals surface area (Å²) in [6.45, 7) is 1.67. The number of nitrogens with two attached hydrogens (primary N) is 2. The molecule has 0 atom stereocenters. The van der Waals surface area contributed by atoms with Gasteiger partial charge in [-0.3, -0.25) is 9.59 Å². The molecule has 0 radical (unpaired) electrons. The Morgan fingerprint density at radius 1 is 1.28 bits per heavy atom. The van der Waals surface area contributed by atoms with Crippen molar-refractivity contribution in [3.63, 3.8) is 0 Å². The van der Waals surface area contributed by atoms with Gasteiger partial charge in [0.05, 0.1) is 16.5 Å². The molecule has 4 rings (SSSR count). The smallest absolute Gasteiger partial charge is 0.252 e. The van der Waals surface area contributed by atoms with Crippen molar-refractivity contribution in [3.05, 3.63) is 52.9 Å². The third-order valence-electron chi connectivity index (χ3n) is 5.65. The number of nitrogens with zero attached hydrogens (tertiary/aromatic N) is 1. The Morgan fingerprint density at radius 3 is 2.62 bits per heavy atom. The Bertz CT molecular complexity index is 1130. The number of ether oxygens (including phenoxy) is 1. The van der Waals surface area contributed by atoms with E-state index >= 15 is 0 Å². The molecule has 5 N–H and O–H groups in total. The summed E-state index contributed by atoms with van der Waals surface area (Å²) in [7, 11) is 0. The van der Waals surface area contributed by atoms with E-state index in [1.165, 1.54) is 6.20 Å². The third kappa shape index (κ3) is 2.88. The molecule has 1 fully saturated rings. The van der Waals surface area contributed by atoms with Crippen LogP contribution in [-0.2, 0) is 16.8 Å². The highest BCUT2D eigenvalue weighted by molar-refractivity contribution is 6.10. The third-order valence-corrected chi connectivity index (χ3v) is 5.65. The minimum absolute atomic E-state index is 0.0236. The Balaban J connectivity index is 1.91. The zero-order valence-corrected chi connectivity index (χ0v) is 15.9. The van der Waals surface area contributed by atoms with Gasteiger partial charge in [0, 0.05) is 17.1 Å². The van der Waals surface area contributed by atoms with E-state index in [0.717, 1.165) is 6.42 Å². The van der Waals surface area contributed by atoms with Crippen molar-refractivity contribution in [2.24, 2.45) is 11.5 Å². The molecule has 2 heterocycles. The van der Waals surface area contributed by atoms with E-state index in [0.29, 0.717) is 46.4 Å². The number of rotatable bonds is 6. The van der Waals surface area contributed by atoms with E-state index in [2.05, 4.69) is 4.98 Å². The zero-order valence-electron chi connectivity index (χ0n) is 15.9. The van der Waals surface area contributed by atoms with Crippen LogP contribution in [0.4, 0.5) is 0 Å². The Hall–Kier alpha value is -3.55. The van der Waals surface area contributed by atoms with Gasteiger partial charge in [-0.2, -0.15) is 0 Å². The fourth-order valence-corrected chi connectivity index (χ4v) is 4.03. The SMILES string of the molecule is Cc1oc2ccc(OCc3cccnc3O)c(C3(C(N)=O)CCC3)c2c1C(N)=O. The van der Waals surface area contributed by atoms with Crippen LogP contribution in [-0.4, -0.2) is 21.9 Å². The summed E-state index contributed by atoms with van der Waals surface area (Å²) in [6.07, 6.45) is 3.38. The number of aromatic hydroxyl groups is 1. The van der Waals surface area contributed by atoms with Crippen molar-refractivity contribution in [3.8, 4) is 11.6 Å². The average Bonchev–Trinajstić information content (AvgIpc) is 2.97. The maximum Gasteiger partial charge on any atom is 0.252 e. The lowest BCUT2D eigenvalue weighted by Crippen LogP contribution is -2.47. The van der Waals surface area contributed by atoms with Gasteiger partial charge < -0.3 is 25.7 Å². The van der Waals surface area contributed by atoms with E-state index in [9.17, 15) is 14.7 Å². The predicted molar refractivity (Wildman–Crippen MR) is 104 cm³/mol. The minimum atomic E-state index is -0.966.